The number of fused-ring (bicyclic) bond motifs is 2. The molecule has 1 aliphatic rings. The summed E-state index contributed by atoms with van der Waals surface area (Å²) >= 11 is 0. The maximum Gasteiger partial charge on any atom is 0.257 e. The first-order valence-corrected chi connectivity index (χ1v) is 9.92. The highest BCUT2D eigenvalue weighted by atomic mass is 16.5. The number of para-hydroxylation sites is 2. The number of amides is 1. The molecule has 152 valence electrons. The van der Waals surface area contributed by atoms with E-state index in [9.17, 15) is 4.79 Å². The minimum absolute atomic E-state index is 0.260. The number of carbonyl (C=O) groups excluding carboxylic acids is 1. The normalized spacial score (nSPS) is 15.0. The van der Waals surface area contributed by atoms with E-state index in [1.807, 2.05) is 28.8 Å². The molecule has 8 nitrogen and oxygen atoms in total. The van der Waals surface area contributed by atoms with E-state index < -0.39 is 0 Å². The van der Waals surface area contributed by atoms with Gasteiger partial charge in [0, 0.05) is 32.7 Å². The van der Waals surface area contributed by atoms with Crippen molar-refractivity contribution in [2.45, 2.75) is 13.0 Å². The molecule has 0 atom stereocenters. The van der Waals surface area contributed by atoms with Gasteiger partial charge in [0.15, 0.2) is 5.65 Å². The largest absolute Gasteiger partial charge is 0.384 e. The maximum absolute atomic E-state index is 12.8. The highest BCUT2D eigenvalue weighted by Crippen LogP contribution is 2.28. The zero-order chi connectivity index (χ0) is 20.2. The molecule has 1 amide bonds. The molecule has 3 N–H and O–H groups in total. The number of nitrogens with two attached hydrogens (primary N) is 1. The number of benzene rings is 1. The van der Waals surface area contributed by atoms with E-state index in [2.05, 4.69) is 16.8 Å². The Morgan fingerprint density at radius 1 is 1.21 bits per heavy atom. The number of carbonyl (C=O) groups is 1. The average Bonchev–Trinajstić information content (AvgIpc) is 3.02. The molecule has 0 saturated carbocycles. The predicted octanol–water partition coefficient (Wildman–Crippen LogP) is 1.80. The van der Waals surface area contributed by atoms with Gasteiger partial charge in [-0.05, 0) is 18.6 Å². The van der Waals surface area contributed by atoms with Crippen molar-refractivity contribution < 1.29 is 9.53 Å². The van der Waals surface area contributed by atoms with E-state index in [4.69, 9.17) is 20.4 Å². The first-order valence-electron chi connectivity index (χ1n) is 9.92. The minimum atomic E-state index is -0.260. The Morgan fingerprint density at radius 3 is 2.66 bits per heavy atom. The highest BCUT2D eigenvalue weighted by molar-refractivity contribution is 6.10. The van der Waals surface area contributed by atoms with Crippen molar-refractivity contribution >= 4 is 33.9 Å². The Labute approximate surface area is 169 Å². The van der Waals surface area contributed by atoms with Gasteiger partial charge in [0.1, 0.15) is 16.9 Å². The van der Waals surface area contributed by atoms with Crippen LogP contribution in [0.1, 0.15) is 16.8 Å². The van der Waals surface area contributed by atoms with Crippen molar-refractivity contribution in [3.63, 3.8) is 0 Å². The van der Waals surface area contributed by atoms with Crippen LogP contribution in [0.2, 0.25) is 0 Å². The fourth-order valence-corrected chi connectivity index (χ4v) is 3.70. The molecule has 0 unspecified atom stereocenters. The second-order valence-electron chi connectivity index (χ2n) is 7.10. The average molecular weight is 394 g/mol. The summed E-state index contributed by atoms with van der Waals surface area (Å²) in [5.74, 6) is 0.141. The third-order valence-corrected chi connectivity index (χ3v) is 5.19. The Balaban J connectivity index is 1.69. The fourth-order valence-electron chi connectivity index (χ4n) is 3.70. The monoisotopic (exact) mass is 394 g/mol. The van der Waals surface area contributed by atoms with E-state index in [0.717, 1.165) is 50.3 Å². The molecule has 0 aliphatic carbocycles. The highest BCUT2D eigenvalue weighted by Gasteiger charge is 2.23. The van der Waals surface area contributed by atoms with Crippen LogP contribution in [0.4, 0.5) is 5.82 Å². The number of hydrogen-bond donors (Lipinski definition) is 2. The van der Waals surface area contributed by atoms with Crippen LogP contribution in [0.15, 0.2) is 36.9 Å². The van der Waals surface area contributed by atoms with Gasteiger partial charge in [-0.1, -0.05) is 18.2 Å². The van der Waals surface area contributed by atoms with Crippen LogP contribution in [-0.2, 0) is 11.3 Å². The molecule has 1 aromatic carbocycles. The summed E-state index contributed by atoms with van der Waals surface area (Å²) in [5.41, 5.74) is 9.52. The van der Waals surface area contributed by atoms with Crippen molar-refractivity contribution in [2.75, 3.05) is 45.1 Å². The second kappa shape index (κ2) is 8.59. The smallest absolute Gasteiger partial charge is 0.257 e. The lowest BCUT2D eigenvalue weighted by Crippen LogP contribution is -2.37. The number of rotatable bonds is 7. The van der Waals surface area contributed by atoms with Crippen LogP contribution in [0.5, 0.6) is 0 Å². The van der Waals surface area contributed by atoms with Crippen molar-refractivity contribution in [3.8, 4) is 0 Å². The molecule has 1 saturated heterocycles. The molecular weight excluding hydrogens is 368 g/mol. The molecule has 1 fully saturated rings. The standard InChI is InChI=1S/C21H26N6O2/c1-2-8-23-21(28)17-18-20(25-16-7-4-3-6-15(16)24-18)27(19(17)22)10-5-9-26-11-13-29-14-12-26/h2-4,6-7H,1,5,8-14,22H2,(H,23,28). The minimum Gasteiger partial charge on any atom is -0.384 e. The van der Waals surface area contributed by atoms with Gasteiger partial charge < -0.3 is 20.4 Å². The summed E-state index contributed by atoms with van der Waals surface area (Å²) in [4.78, 5) is 24.6. The van der Waals surface area contributed by atoms with E-state index in [1.165, 1.54) is 0 Å². The Morgan fingerprint density at radius 2 is 1.93 bits per heavy atom. The number of morpholine rings is 1. The van der Waals surface area contributed by atoms with Gasteiger partial charge in [-0.3, -0.25) is 9.69 Å². The summed E-state index contributed by atoms with van der Waals surface area (Å²) in [6.07, 6.45) is 2.53. The third kappa shape index (κ3) is 3.94. The lowest BCUT2D eigenvalue weighted by atomic mass is 10.2. The number of anilines is 1. The topological polar surface area (TPSA) is 98.3 Å². The predicted molar refractivity (Wildman–Crippen MR) is 114 cm³/mol. The first-order chi connectivity index (χ1) is 14.2. The molecule has 3 aromatic rings. The SMILES string of the molecule is C=CCNC(=O)c1c(N)n(CCCN2CCOCC2)c2nc3ccccc3nc12. The van der Waals surface area contributed by atoms with Crippen molar-refractivity contribution in [1.82, 2.24) is 24.8 Å². The molecule has 4 rings (SSSR count). The number of nitrogen functional groups attached to an aromatic ring is 1. The number of hydrogen-bond acceptors (Lipinski definition) is 6. The van der Waals surface area contributed by atoms with Crippen LogP contribution in [-0.4, -0.2) is 64.7 Å². The Bertz CT molecular complexity index is 1040. The van der Waals surface area contributed by atoms with Crippen LogP contribution < -0.4 is 11.1 Å². The van der Waals surface area contributed by atoms with E-state index >= 15 is 0 Å². The summed E-state index contributed by atoms with van der Waals surface area (Å²) in [6, 6.07) is 7.64. The Hall–Kier alpha value is -2.97. The molecule has 0 bridgehead atoms. The van der Waals surface area contributed by atoms with Gasteiger partial charge in [-0.15, -0.1) is 6.58 Å². The van der Waals surface area contributed by atoms with Crippen LogP contribution in [0.25, 0.3) is 22.2 Å². The second-order valence-corrected chi connectivity index (χ2v) is 7.10. The summed E-state index contributed by atoms with van der Waals surface area (Å²) in [6.45, 7) is 9.07. The first kappa shape index (κ1) is 19.4. The van der Waals surface area contributed by atoms with E-state index in [1.54, 1.807) is 6.08 Å². The molecule has 1 aliphatic heterocycles. The van der Waals surface area contributed by atoms with Gasteiger partial charge in [-0.25, -0.2) is 9.97 Å². The quantitative estimate of drug-likeness (QED) is 0.593. The maximum atomic E-state index is 12.8. The fraction of sp³-hybridized carbons (Fsp3) is 0.381. The van der Waals surface area contributed by atoms with Crippen LogP contribution >= 0.6 is 0 Å². The summed E-state index contributed by atoms with van der Waals surface area (Å²) < 4.78 is 7.32. The van der Waals surface area contributed by atoms with Gasteiger partial charge >= 0.3 is 0 Å². The van der Waals surface area contributed by atoms with Crippen molar-refractivity contribution in [1.29, 1.82) is 0 Å². The number of nitrogens with one attached hydrogen (secondary N) is 1. The van der Waals surface area contributed by atoms with Crippen LogP contribution in [0, 0.1) is 0 Å². The zero-order valence-electron chi connectivity index (χ0n) is 16.4. The lowest BCUT2D eigenvalue weighted by Gasteiger charge is -2.26. The van der Waals surface area contributed by atoms with Gasteiger partial charge in [0.25, 0.3) is 5.91 Å². The van der Waals surface area contributed by atoms with Crippen LogP contribution in [0.3, 0.4) is 0 Å². The molecular formula is C21H26N6O2. The van der Waals surface area contributed by atoms with E-state index in [-0.39, 0.29) is 5.91 Å². The van der Waals surface area contributed by atoms with Gasteiger partial charge in [-0.2, -0.15) is 0 Å². The lowest BCUT2D eigenvalue weighted by molar-refractivity contribution is 0.0370. The molecule has 8 heteroatoms. The number of ether oxygens (including phenoxy) is 1. The van der Waals surface area contributed by atoms with Crippen molar-refractivity contribution in [2.24, 2.45) is 0 Å². The van der Waals surface area contributed by atoms with Gasteiger partial charge in [0.2, 0.25) is 0 Å². The number of aryl methyl sites for hydroxylation is 1. The van der Waals surface area contributed by atoms with E-state index in [0.29, 0.717) is 35.6 Å². The third-order valence-electron chi connectivity index (χ3n) is 5.19. The molecule has 3 heterocycles. The van der Waals surface area contributed by atoms with Crippen molar-refractivity contribution in [3.05, 3.63) is 42.5 Å². The summed E-state index contributed by atoms with van der Waals surface area (Å²) in [7, 11) is 0. The molecule has 0 radical (unpaired) electrons. The number of nitrogens with zero attached hydrogens (tertiary/aromatic N) is 4. The number of aromatic nitrogens is 3. The molecule has 2 aromatic heterocycles. The summed E-state index contributed by atoms with van der Waals surface area (Å²) in [5, 5.41) is 2.81. The zero-order valence-corrected chi connectivity index (χ0v) is 16.4. The van der Waals surface area contributed by atoms with Gasteiger partial charge in [0.05, 0.1) is 24.2 Å². The molecule has 29 heavy (non-hydrogen) atoms. The molecule has 0 spiro atoms. The Kier molecular flexibility index (Phi) is 5.73.